The Morgan fingerprint density at radius 3 is 2.69 bits per heavy atom. The lowest BCUT2D eigenvalue weighted by Gasteiger charge is -2.28. The fourth-order valence-electron chi connectivity index (χ4n) is 3.06. The first-order chi connectivity index (χ1) is 12.6. The van der Waals surface area contributed by atoms with Crippen molar-refractivity contribution in [2.45, 2.75) is 37.1 Å². The first kappa shape index (κ1) is 18.5. The van der Waals surface area contributed by atoms with Gasteiger partial charge in [-0.1, -0.05) is 42.5 Å². The largest absolute Gasteiger partial charge is 0.354 e. The van der Waals surface area contributed by atoms with Gasteiger partial charge in [-0.15, -0.1) is 11.8 Å². The molecule has 0 bridgehead atoms. The minimum absolute atomic E-state index is 0.00549. The van der Waals surface area contributed by atoms with Gasteiger partial charge in [-0.05, 0) is 37.5 Å². The summed E-state index contributed by atoms with van der Waals surface area (Å²) in [7, 11) is 0. The van der Waals surface area contributed by atoms with Crippen molar-refractivity contribution in [2.24, 2.45) is 0 Å². The number of nitrogens with zero attached hydrogens (tertiary/aromatic N) is 1. The van der Waals surface area contributed by atoms with Gasteiger partial charge in [0.1, 0.15) is 0 Å². The van der Waals surface area contributed by atoms with Gasteiger partial charge in [-0.3, -0.25) is 9.59 Å². The lowest BCUT2D eigenvalue weighted by Crippen LogP contribution is -2.40. The van der Waals surface area contributed by atoms with Gasteiger partial charge in [-0.2, -0.15) is 0 Å². The first-order valence-corrected chi connectivity index (χ1v) is 9.97. The van der Waals surface area contributed by atoms with Gasteiger partial charge in [0.2, 0.25) is 11.8 Å². The quantitative estimate of drug-likeness (QED) is 0.811. The normalized spacial score (nSPS) is 14.7. The second kappa shape index (κ2) is 8.90. The highest BCUT2D eigenvalue weighted by Crippen LogP contribution is 2.34. The highest BCUT2D eigenvalue weighted by molar-refractivity contribution is 8.00. The maximum atomic E-state index is 12.3. The molecule has 3 rings (SSSR count). The highest BCUT2D eigenvalue weighted by Gasteiger charge is 2.24. The van der Waals surface area contributed by atoms with Gasteiger partial charge in [0.05, 0.1) is 11.4 Å². The van der Waals surface area contributed by atoms with Crippen LogP contribution in [0.5, 0.6) is 0 Å². The van der Waals surface area contributed by atoms with Crippen molar-refractivity contribution in [1.82, 2.24) is 5.32 Å². The summed E-state index contributed by atoms with van der Waals surface area (Å²) in [6.45, 7) is 2.45. The van der Waals surface area contributed by atoms with Gasteiger partial charge in [0.15, 0.2) is 0 Å². The van der Waals surface area contributed by atoms with Crippen molar-refractivity contribution in [1.29, 1.82) is 0 Å². The average Bonchev–Trinajstić information content (AvgIpc) is 2.66. The molecule has 2 amide bonds. The summed E-state index contributed by atoms with van der Waals surface area (Å²) in [6.07, 6.45) is 2.16. The van der Waals surface area contributed by atoms with E-state index in [-0.39, 0.29) is 17.9 Å². The van der Waals surface area contributed by atoms with Crippen LogP contribution in [0, 0.1) is 0 Å². The summed E-state index contributed by atoms with van der Waals surface area (Å²) in [5, 5.41) is 3.05. The van der Waals surface area contributed by atoms with E-state index in [4.69, 9.17) is 0 Å². The Balaban J connectivity index is 1.47. The molecule has 0 fully saturated rings. The number of amides is 2. The number of nitrogens with one attached hydrogen (secondary N) is 1. The van der Waals surface area contributed by atoms with Crippen LogP contribution in [-0.4, -0.2) is 30.2 Å². The molecule has 2 aromatic carbocycles. The van der Waals surface area contributed by atoms with Crippen LogP contribution >= 0.6 is 11.8 Å². The topological polar surface area (TPSA) is 49.4 Å². The number of benzene rings is 2. The maximum absolute atomic E-state index is 12.3. The van der Waals surface area contributed by atoms with Crippen LogP contribution in [0.2, 0.25) is 0 Å². The molecule has 0 unspecified atom stereocenters. The van der Waals surface area contributed by atoms with E-state index in [1.807, 2.05) is 49.4 Å². The number of carbonyl (C=O) groups is 2. The van der Waals surface area contributed by atoms with Gasteiger partial charge in [0, 0.05) is 23.9 Å². The second-order valence-electron chi connectivity index (χ2n) is 6.54. The zero-order valence-corrected chi connectivity index (χ0v) is 15.8. The summed E-state index contributed by atoms with van der Waals surface area (Å²) in [4.78, 5) is 27.3. The first-order valence-electron chi connectivity index (χ1n) is 8.99. The molecular formula is C21H24N2O2S. The molecule has 1 atom stereocenters. The fraction of sp³-hybridized carbons (Fsp3) is 0.333. The molecule has 1 heterocycles. The number of rotatable bonds is 7. The number of fused-ring (bicyclic) bond motifs is 1. The number of anilines is 1. The molecule has 1 aliphatic rings. The molecule has 26 heavy (non-hydrogen) atoms. The van der Waals surface area contributed by atoms with Crippen LogP contribution in [0.4, 0.5) is 5.69 Å². The molecular weight excluding hydrogens is 344 g/mol. The van der Waals surface area contributed by atoms with Gasteiger partial charge < -0.3 is 10.2 Å². The number of hydrogen-bond acceptors (Lipinski definition) is 3. The van der Waals surface area contributed by atoms with Crippen molar-refractivity contribution < 1.29 is 9.59 Å². The lowest BCUT2D eigenvalue weighted by atomic mass is 10.1. The molecule has 0 aliphatic carbocycles. The van der Waals surface area contributed by atoms with Crippen LogP contribution in [0.3, 0.4) is 0 Å². The van der Waals surface area contributed by atoms with E-state index in [1.165, 1.54) is 5.56 Å². The van der Waals surface area contributed by atoms with E-state index in [0.29, 0.717) is 18.7 Å². The predicted octanol–water partition coefficient (Wildman–Crippen LogP) is 3.65. The number of hydrogen-bond donors (Lipinski definition) is 1. The van der Waals surface area contributed by atoms with Gasteiger partial charge >= 0.3 is 0 Å². The monoisotopic (exact) mass is 368 g/mol. The molecule has 0 saturated heterocycles. The molecule has 1 aliphatic heterocycles. The Labute approximate surface area is 159 Å². The SMILES string of the molecule is C[C@@H](CCc1ccccc1)NC(=O)CCN1C(=O)CSc2ccccc21. The minimum atomic E-state index is -0.00549. The summed E-state index contributed by atoms with van der Waals surface area (Å²) in [5.74, 6) is 0.499. The molecule has 1 N–H and O–H groups in total. The fourth-order valence-corrected chi connectivity index (χ4v) is 4.00. The minimum Gasteiger partial charge on any atom is -0.354 e. The average molecular weight is 369 g/mol. The third-order valence-electron chi connectivity index (χ3n) is 4.49. The Kier molecular flexibility index (Phi) is 6.34. The Morgan fingerprint density at radius 1 is 1.15 bits per heavy atom. The molecule has 0 aromatic heterocycles. The molecule has 0 spiro atoms. The molecule has 4 nitrogen and oxygen atoms in total. The molecule has 5 heteroatoms. The van der Waals surface area contributed by atoms with E-state index in [1.54, 1.807) is 16.7 Å². The third kappa shape index (κ3) is 4.88. The zero-order chi connectivity index (χ0) is 18.4. The molecule has 2 aromatic rings. The Hall–Kier alpha value is -2.27. The van der Waals surface area contributed by atoms with Crippen molar-refractivity contribution >= 4 is 29.3 Å². The Bertz CT molecular complexity index is 764. The van der Waals surface area contributed by atoms with Crippen LogP contribution in [0.1, 0.15) is 25.3 Å². The summed E-state index contributed by atoms with van der Waals surface area (Å²) < 4.78 is 0. The van der Waals surface area contributed by atoms with E-state index in [0.717, 1.165) is 23.4 Å². The van der Waals surface area contributed by atoms with Crippen molar-refractivity contribution in [3.05, 3.63) is 60.2 Å². The lowest BCUT2D eigenvalue weighted by molar-refractivity contribution is -0.121. The number of thioether (sulfide) groups is 1. The van der Waals surface area contributed by atoms with Crippen molar-refractivity contribution in [3.63, 3.8) is 0 Å². The van der Waals surface area contributed by atoms with Crippen molar-refractivity contribution in [2.75, 3.05) is 17.2 Å². The van der Waals surface area contributed by atoms with E-state index in [9.17, 15) is 9.59 Å². The van der Waals surface area contributed by atoms with Gasteiger partial charge in [0.25, 0.3) is 0 Å². The number of carbonyl (C=O) groups excluding carboxylic acids is 2. The number of aryl methyl sites for hydroxylation is 1. The number of para-hydroxylation sites is 1. The van der Waals surface area contributed by atoms with Gasteiger partial charge in [-0.25, -0.2) is 0 Å². The molecule has 0 radical (unpaired) electrons. The summed E-state index contributed by atoms with van der Waals surface area (Å²) in [5.41, 5.74) is 2.19. The third-order valence-corrected chi connectivity index (χ3v) is 5.53. The van der Waals surface area contributed by atoms with Crippen LogP contribution < -0.4 is 10.2 Å². The Morgan fingerprint density at radius 2 is 1.88 bits per heavy atom. The van der Waals surface area contributed by atoms with Crippen LogP contribution in [-0.2, 0) is 16.0 Å². The van der Waals surface area contributed by atoms with E-state index in [2.05, 4.69) is 17.4 Å². The molecule has 136 valence electrons. The van der Waals surface area contributed by atoms with Crippen LogP contribution in [0.15, 0.2) is 59.5 Å². The summed E-state index contributed by atoms with van der Waals surface area (Å²) >= 11 is 1.56. The molecule has 0 saturated carbocycles. The smallest absolute Gasteiger partial charge is 0.237 e. The van der Waals surface area contributed by atoms with Crippen LogP contribution in [0.25, 0.3) is 0 Å². The standard InChI is InChI=1S/C21H24N2O2S/c1-16(11-12-17-7-3-2-4-8-17)22-20(24)13-14-23-18-9-5-6-10-19(18)26-15-21(23)25/h2-10,16H,11-15H2,1H3,(H,22,24)/t16-/m0/s1. The zero-order valence-electron chi connectivity index (χ0n) is 15.0. The second-order valence-corrected chi connectivity index (χ2v) is 7.56. The summed E-state index contributed by atoms with van der Waals surface area (Å²) in [6, 6.07) is 18.3. The van der Waals surface area contributed by atoms with E-state index < -0.39 is 0 Å². The predicted molar refractivity (Wildman–Crippen MR) is 107 cm³/mol. The van der Waals surface area contributed by atoms with E-state index >= 15 is 0 Å². The maximum Gasteiger partial charge on any atom is 0.237 e. The van der Waals surface area contributed by atoms with Crippen molar-refractivity contribution in [3.8, 4) is 0 Å². The highest BCUT2D eigenvalue weighted by atomic mass is 32.2.